The molecular weight excluding hydrogens is 589 g/mol. The first-order valence-corrected chi connectivity index (χ1v) is 23.4. The van der Waals surface area contributed by atoms with E-state index in [0.29, 0.717) is 0 Å². The predicted molar refractivity (Wildman–Crippen MR) is 169 cm³/mol. The maximum absolute atomic E-state index is 12.8. The van der Waals surface area contributed by atoms with Crippen molar-refractivity contribution in [3.8, 4) is 0 Å². The standard InChI is InChI=1S/C26H52N2O8S2Si2/c1-25(2,3)35-23(31)27-19(21(29)33-13-15-39(7,8)9)17-37-38-18-20(28-24(32)36-26(4,5)6)22(30)34-14-16-40(10,11)12/h19-20H,13-18H2,1-12H3,(H,27,31)(H,28,32). The lowest BCUT2D eigenvalue weighted by Gasteiger charge is -2.24. The van der Waals surface area contributed by atoms with Crippen LogP contribution < -0.4 is 10.6 Å². The average Bonchev–Trinajstić information content (AvgIpc) is 2.70. The Labute approximate surface area is 250 Å². The van der Waals surface area contributed by atoms with Gasteiger partial charge in [-0.3, -0.25) is 0 Å². The van der Waals surface area contributed by atoms with Crippen molar-refractivity contribution < 1.29 is 38.1 Å². The Kier molecular flexibility index (Phi) is 16.3. The molecule has 0 heterocycles. The van der Waals surface area contributed by atoms with Gasteiger partial charge >= 0.3 is 24.1 Å². The molecule has 10 nitrogen and oxygen atoms in total. The molecule has 2 amide bonds. The molecule has 40 heavy (non-hydrogen) atoms. The van der Waals surface area contributed by atoms with E-state index in [0.717, 1.165) is 12.1 Å². The van der Waals surface area contributed by atoms with Gasteiger partial charge in [-0.15, -0.1) is 0 Å². The van der Waals surface area contributed by atoms with Crippen molar-refractivity contribution in [2.45, 2.75) is 116 Å². The molecular formula is C26H52N2O8S2Si2. The Bertz CT molecular complexity index is 767. The number of alkyl carbamates (subject to hydrolysis) is 2. The highest BCUT2D eigenvalue weighted by molar-refractivity contribution is 8.76. The largest absolute Gasteiger partial charge is 0.464 e. The van der Waals surface area contributed by atoms with Crippen LogP contribution in [-0.2, 0) is 28.5 Å². The second-order valence-electron chi connectivity index (χ2n) is 13.9. The maximum atomic E-state index is 12.8. The molecule has 0 bridgehead atoms. The van der Waals surface area contributed by atoms with E-state index >= 15 is 0 Å². The molecule has 2 N–H and O–H groups in total. The molecule has 0 aromatic carbocycles. The average molecular weight is 641 g/mol. The van der Waals surface area contributed by atoms with E-state index in [9.17, 15) is 19.2 Å². The van der Waals surface area contributed by atoms with Gasteiger partial charge in [-0.05, 0) is 53.6 Å². The highest BCUT2D eigenvalue weighted by Crippen LogP contribution is 2.24. The number of amides is 2. The van der Waals surface area contributed by atoms with Gasteiger partial charge in [-0.1, -0.05) is 60.9 Å². The van der Waals surface area contributed by atoms with Crippen molar-refractivity contribution >= 4 is 61.9 Å². The van der Waals surface area contributed by atoms with Crippen molar-refractivity contribution in [1.82, 2.24) is 10.6 Å². The van der Waals surface area contributed by atoms with Gasteiger partial charge in [-0.25, -0.2) is 19.2 Å². The smallest absolute Gasteiger partial charge is 0.408 e. The summed E-state index contributed by atoms with van der Waals surface area (Å²) in [6.45, 7) is 24.1. The van der Waals surface area contributed by atoms with E-state index in [1.165, 1.54) is 21.6 Å². The van der Waals surface area contributed by atoms with Crippen molar-refractivity contribution in [2.24, 2.45) is 0 Å². The summed E-state index contributed by atoms with van der Waals surface area (Å²) >= 11 is 0. The molecule has 0 saturated carbocycles. The van der Waals surface area contributed by atoms with E-state index in [2.05, 4.69) is 49.9 Å². The van der Waals surface area contributed by atoms with Gasteiger partial charge in [0.05, 0.1) is 13.2 Å². The van der Waals surface area contributed by atoms with Crippen LogP contribution in [0.15, 0.2) is 0 Å². The highest BCUT2D eigenvalue weighted by atomic mass is 33.1. The van der Waals surface area contributed by atoms with Crippen molar-refractivity contribution in [2.75, 3.05) is 24.7 Å². The maximum Gasteiger partial charge on any atom is 0.408 e. The fourth-order valence-corrected chi connectivity index (χ4v) is 6.31. The zero-order valence-corrected chi connectivity index (χ0v) is 30.1. The van der Waals surface area contributed by atoms with Gasteiger partial charge in [0.1, 0.15) is 23.3 Å². The fraction of sp³-hybridized carbons (Fsp3) is 0.846. The number of carbonyl (C=O) groups is 4. The molecule has 0 aliphatic rings. The van der Waals surface area contributed by atoms with Gasteiger partial charge in [-0.2, -0.15) is 0 Å². The Hall–Kier alpha value is -1.39. The van der Waals surface area contributed by atoms with Crippen molar-refractivity contribution in [1.29, 1.82) is 0 Å². The summed E-state index contributed by atoms with van der Waals surface area (Å²) in [7, 11) is -0.295. The Morgan fingerprint density at radius 1 is 0.625 bits per heavy atom. The van der Waals surface area contributed by atoms with E-state index in [-0.39, 0.29) is 24.7 Å². The molecule has 0 aliphatic heterocycles. The molecule has 0 rings (SSSR count). The van der Waals surface area contributed by atoms with Crippen LogP contribution >= 0.6 is 21.6 Å². The fourth-order valence-electron chi connectivity index (χ4n) is 2.59. The minimum Gasteiger partial charge on any atom is -0.464 e. The van der Waals surface area contributed by atoms with E-state index in [1.807, 2.05) is 0 Å². The number of hydrogen-bond donors (Lipinski definition) is 2. The predicted octanol–water partition coefficient (Wildman–Crippen LogP) is 5.92. The van der Waals surface area contributed by atoms with Crippen LogP contribution in [0.25, 0.3) is 0 Å². The number of carbonyl (C=O) groups excluding carboxylic acids is 4. The molecule has 0 aromatic rings. The summed E-state index contributed by atoms with van der Waals surface area (Å²) in [5.74, 6) is -0.767. The molecule has 0 spiro atoms. The Morgan fingerprint density at radius 2 is 0.925 bits per heavy atom. The van der Waals surface area contributed by atoms with Gasteiger partial charge < -0.3 is 29.6 Å². The molecule has 2 unspecified atom stereocenters. The third kappa shape index (κ3) is 22.3. The SMILES string of the molecule is CC(C)(C)OC(=O)NC(CSSCC(NC(=O)OC(C)(C)C)C(=O)OCC[Si](C)(C)C)C(=O)OCC[Si](C)(C)C. The number of nitrogens with one attached hydrogen (secondary N) is 2. The molecule has 234 valence electrons. The molecule has 0 aromatic heterocycles. The zero-order chi connectivity index (χ0) is 31.4. The quantitative estimate of drug-likeness (QED) is 0.0732. The molecule has 14 heteroatoms. The van der Waals surface area contributed by atoms with Crippen LogP contribution in [0.4, 0.5) is 9.59 Å². The molecule has 2 atom stereocenters. The number of rotatable bonds is 15. The molecule has 0 fully saturated rings. The van der Waals surface area contributed by atoms with E-state index in [1.54, 1.807) is 41.5 Å². The van der Waals surface area contributed by atoms with Gasteiger partial charge in [0.15, 0.2) is 0 Å². The summed E-state index contributed by atoms with van der Waals surface area (Å²) in [6, 6.07) is -0.292. The van der Waals surface area contributed by atoms with Gasteiger partial charge in [0, 0.05) is 27.7 Å². The minimum absolute atomic E-state index is 0.166. The van der Waals surface area contributed by atoms with Crippen LogP contribution in [0.2, 0.25) is 51.4 Å². The number of hydrogen-bond acceptors (Lipinski definition) is 10. The lowest BCUT2D eigenvalue weighted by Crippen LogP contribution is -2.46. The van der Waals surface area contributed by atoms with Gasteiger partial charge in [0.2, 0.25) is 0 Å². The summed E-state index contributed by atoms with van der Waals surface area (Å²) in [4.78, 5) is 50.3. The van der Waals surface area contributed by atoms with E-state index in [4.69, 9.17) is 18.9 Å². The monoisotopic (exact) mass is 640 g/mol. The molecule has 0 radical (unpaired) electrons. The summed E-state index contributed by atoms with van der Waals surface area (Å²) in [5.41, 5.74) is -1.46. The number of esters is 2. The zero-order valence-electron chi connectivity index (χ0n) is 26.5. The van der Waals surface area contributed by atoms with Crippen LogP contribution in [0.3, 0.4) is 0 Å². The summed E-state index contributed by atoms with van der Waals surface area (Å²) in [5, 5.41) is 5.19. The number of ether oxygens (including phenoxy) is 4. The normalized spacial score (nSPS) is 14.0. The topological polar surface area (TPSA) is 129 Å². The second-order valence-corrected chi connectivity index (χ2v) is 27.7. The summed E-state index contributed by atoms with van der Waals surface area (Å²) < 4.78 is 21.5. The first kappa shape index (κ1) is 38.6. The Morgan fingerprint density at radius 3 is 1.18 bits per heavy atom. The van der Waals surface area contributed by atoms with Crippen LogP contribution in [-0.4, -0.2) is 88.3 Å². The van der Waals surface area contributed by atoms with Crippen LogP contribution in [0, 0.1) is 0 Å². The first-order chi connectivity index (χ1) is 18.0. The highest BCUT2D eigenvalue weighted by Gasteiger charge is 2.29. The van der Waals surface area contributed by atoms with Crippen LogP contribution in [0.5, 0.6) is 0 Å². The Balaban J connectivity index is 5.27. The van der Waals surface area contributed by atoms with Gasteiger partial charge in [0.25, 0.3) is 0 Å². The lowest BCUT2D eigenvalue weighted by atomic mass is 10.2. The third-order valence-corrected chi connectivity index (χ3v) is 10.5. The van der Waals surface area contributed by atoms with Crippen LogP contribution in [0.1, 0.15) is 41.5 Å². The third-order valence-electron chi connectivity index (χ3n) is 4.70. The summed E-state index contributed by atoms with van der Waals surface area (Å²) in [6.07, 6.45) is -1.44. The van der Waals surface area contributed by atoms with Crippen molar-refractivity contribution in [3.05, 3.63) is 0 Å². The second kappa shape index (κ2) is 16.9. The minimum atomic E-state index is -1.41. The molecule has 0 saturated heterocycles. The van der Waals surface area contributed by atoms with Crippen molar-refractivity contribution in [3.63, 3.8) is 0 Å². The lowest BCUT2D eigenvalue weighted by molar-refractivity contribution is -0.145. The first-order valence-electron chi connectivity index (χ1n) is 13.5. The molecule has 0 aliphatic carbocycles. The van der Waals surface area contributed by atoms with E-state index < -0.39 is 63.6 Å².